The van der Waals surface area contributed by atoms with E-state index in [-0.39, 0.29) is 34.0 Å². The number of hydrogen-bond donors (Lipinski definition) is 4. The van der Waals surface area contributed by atoms with Gasteiger partial charge >= 0.3 is 12.4 Å². The fraction of sp³-hybridized carbons (Fsp3) is 0.143. The van der Waals surface area contributed by atoms with Crippen molar-refractivity contribution in [3.05, 3.63) is 117 Å². The number of carbonyl (C=O) groups is 2. The molecule has 240 valence electrons. The largest absolute Gasteiger partial charge is 0.508 e. The highest BCUT2D eigenvalue weighted by Gasteiger charge is 2.39. The summed E-state index contributed by atoms with van der Waals surface area (Å²) in [6.07, 6.45) is 0.526. The summed E-state index contributed by atoms with van der Waals surface area (Å²) in [5.41, 5.74) is -6.52. The van der Waals surface area contributed by atoms with Crippen molar-refractivity contribution in [2.45, 2.75) is 31.6 Å². The van der Waals surface area contributed by atoms with Crippen LogP contribution in [0.15, 0.2) is 72.8 Å². The van der Waals surface area contributed by atoms with Crippen molar-refractivity contribution in [3.63, 3.8) is 0 Å². The number of aromatic hydroxyl groups is 2. The van der Waals surface area contributed by atoms with Gasteiger partial charge in [0.2, 0.25) is 0 Å². The number of alkyl halides is 6. The zero-order chi connectivity index (χ0) is 34.9. The minimum atomic E-state index is -4.98. The number of benzene rings is 4. The summed E-state index contributed by atoms with van der Waals surface area (Å²) in [6, 6.07) is 13.7. The Morgan fingerprint density at radius 3 is 1.32 bits per heavy atom. The van der Waals surface area contributed by atoms with Crippen LogP contribution in [0.25, 0.3) is 0 Å². The van der Waals surface area contributed by atoms with E-state index in [2.05, 4.69) is 10.6 Å². The quantitative estimate of drug-likeness (QED) is 0.126. The molecule has 0 fully saturated rings. The molecule has 0 radical (unpaired) electrons. The zero-order valence-corrected chi connectivity index (χ0v) is 24.6. The van der Waals surface area contributed by atoms with Gasteiger partial charge in [0, 0.05) is 40.0 Å². The van der Waals surface area contributed by atoms with Crippen molar-refractivity contribution >= 4 is 23.2 Å². The smallest absolute Gasteiger partial charge is 0.418 e. The number of hydrogen-bond acceptors (Lipinski definition) is 4. The third-order valence-electron chi connectivity index (χ3n) is 7.35. The molecule has 0 unspecified atom stereocenters. The maximum absolute atomic E-state index is 13.9. The topological polar surface area (TPSA) is 98.7 Å². The number of halogens is 6. The third-order valence-corrected chi connectivity index (χ3v) is 7.35. The Morgan fingerprint density at radius 1 is 0.638 bits per heavy atom. The van der Waals surface area contributed by atoms with Crippen LogP contribution in [0.4, 0.5) is 37.7 Å². The molecule has 6 nitrogen and oxygen atoms in total. The highest BCUT2D eigenvalue weighted by Crippen LogP contribution is 2.43. The maximum atomic E-state index is 13.9. The lowest BCUT2D eigenvalue weighted by atomic mass is 9.76. The SMILES string of the molecule is C#Cc1cccc(C(=O)Nc2cc(O)ccc2C(C)(C)c2ccc(O)cc2NC(=O)c2cccc(C#C)c2C(F)(F)F)c1C(F)(F)F. The molecule has 0 saturated heterocycles. The number of anilines is 2. The molecule has 0 bridgehead atoms. The van der Waals surface area contributed by atoms with Gasteiger partial charge in [-0.05, 0) is 47.5 Å². The molecule has 4 N–H and O–H groups in total. The number of phenolic OH excluding ortho intramolecular Hbond substituents is 2. The van der Waals surface area contributed by atoms with Gasteiger partial charge in [0.25, 0.3) is 11.8 Å². The van der Waals surface area contributed by atoms with E-state index in [0.717, 1.165) is 36.4 Å². The Hall–Kier alpha value is -5.88. The Morgan fingerprint density at radius 2 is 1.00 bits per heavy atom. The first-order chi connectivity index (χ1) is 21.9. The minimum Gasteiger partial charge on any atom is -0.508 e. The molecular formula is C35H24F6N2O4. The number of nitrogens with one attached hydrogen (secondary N) is 2. The fourth-order valence-corrected chi connectivity index (χ4v) is 5.22. The standard InChI is InChI=1S/C35H24F6N2O4/c1-5-19-9-7-11-23(29(19)34(36,37)38)31(46)42-27-17-21(44)13-15-25(27)33(3,4)26-16-14-22(45)18-28(26)43-32(47)24-12-8-10-20(6-2)30(24)35(39,40)41/h1-2,7-18,44-45H,3-4H3,(H,42,46)(H,43,47). The van der Waals surface area contributed by atoms with Gasteiger partial charge in [-0.25, -0.2) is 0 Å². The monoisotopic (exact) mass is 650 g/mol. The average Bonchev–Trinajstić information content (AvgIpc) is 2.99. The van der Waals surface area contributed by atoms with Gasteiger partial charge in [0.05, 0.1) is 22.3 Å². The van der Waals surface area contributed by atoms with Crippen LogP contribution in [0.5, 0.6) is 11.5 Å². The summed E-state index contributed by atoms with van der Waals surface area (Å²) in [4.78, 5) is 26.6. The summed E-state index contributed by atoms with van der Waals surface area (Å²) in [5, 5.41) is 25.3. The van der Waals surface area contributed by atoms with Crippen molar-refractivity contribution < 1.29 is 46.1 Å². The summed E-state index contributed by atoms with van der Waals surface area (Å²) in [7, 11) is 0. The second kappa shape index (κ2) is 12.5. The predicted octanol–water partition coefficient (Wildman–Crippen LogP) is 7.93. The van der Waals surface area contributed by atoms with Gasteiger partial charge in [-0.1, -0.05) is 50.0 Å². The van der Waals surface area contributed by atoms with Gasteiger partial charge in [0.1, 0.15) is 11.5 Å². The number of rotatable bonds is 6. The molecule has 0 aliphatic carbocycles. The maximum Gasteiger partial charge on any atom is 0.418 e. The van der Waals surface area contributed by atoms with Crippen molar-refractivity contribution in [2.75, 3.05) is 10.6 Å². The Labute approximate surface area is 265 Å². The molecule has 47 heavy (non-hydrogen) atoms. The summed E-state index contributed by atoms with van der Waals surface area (Å²) < 4.78 is 83.7. The van der Waals surface area contributed by atoms with Crippen LogP contribution in [-0.4, -0.2) is 22.0 Å². The number of phenols is 2. The molecule has 0 aromatic heterocycles. The Kier molecular flexibility index (Phi) is 9.03. The molecule has 0 aliphatic rings. The van der Waals surface area contributed by atoms with Gasteiger partial charge in [0.15, 0.2) is 0 Å². The minimum absolute atomic E-state index is 0.134. The van der Waals surface area contributed by atoms with Gasteiger partial charge in [-0.15, -0.1) is 12.8 Å². The first kappa shape index (κ1) is 34.0. The second-order valence-corrected chi connectivity index (χ2v) is 10.7. The number of carbonyl (C=O) groups excluding carboxylic acids is 2. The molecular weight excluding hydrogens is 626 g/mol. The fourth-order valence-electron chi connectivity index (χ4n) is 5.22. The molecule has 0 spiro atoms. The molecule has 0 saturated carbocycles. The van der Waals surface area contributed by atoms with Crippen LogP contribution in [0.3, 0.4) is 0 Å². The van der Waals surface area contributed by atoms with E-state index < -0.39 is 63.0 Å². The first-order valence-corrected chi connectivity index (χ1v) is 13.5. The van der Waals surface area contributed by atoms with Crippen molar-refractivity contribution in [2.24, 2.45) is 0 Å². The van der Waals surface area contributed by atoms with E-state index in [4.69, 9.17) is 12.8 Å². The first-order valence-electron chi connectivity index (χ1n) is 13.5. The summed E-state index contributed by atoms with van der Waals surface area (Å²) >= 11 is 0. The predicted molar refractivity (Wildman–Crippen MR) is 163 cm³/mol. The van der Waals surface area contributed by atoms with E-state index in [1.807, 2.05) is 11.8 Å². The van der Waals surface area contributed by atoms with E-state index in [1.54, 1.807) is 13.8 Å². The van der Waals surface area contributed by atoms with Gasteiger partial charge in [-0.2, -0.15) is 26.3 Å². The third kappa shape index (κ3) is 6.87. The lowest BCUT2D eigenvalue weighted by Gasteiger charge is -2.31. The zero-order valence-electron chi connectivity index (χ0n) is 24.6. The molecule has 4 rings (SSSR count). The van der Waals surface area contributed by atoms with Crippen molar-refractivity contribution in [1.82, 2.24) is 0 Å². The molecule has 0 atom stereocenters. The van der Waals surface area contributed by atoms with Crippen LogP contribution < -0.4 is 10.6 Å². The molecule has 2 amide bonds. The molecule has 4 aromatic rings. The molecule has 0 aliphatic heterocycles. The average molecular weight is 651 g/mol. The second-order valence-electron chi connectivity index (χ2n) is 10.7. The van der Waals surface area contributed by atoms with Crippen LogP contribution in [-0.2, 0) is 17.8 Å². The molecule has 12 heteroatoms. The van der Waals surface area contributed by atoms with Gasteiger partial charge < -0.3 is 20.8 Å². The lowest BCUT2D eigenvalue weighted by Crippen LogP contribution is -2.26. The van der Waals surface area contributed by atoms with Crippen LogP contribution in [0, 0.1) is 24.7 Å². The lowest BCUT2D eigenvalue weighted by molar-refractivity contribution is -0.138. The Balaban J connectivity index is 1.81. The van der Waals surface area contributed by atoms with E-state index >= 15 is 0 Å². The normalized spacial score (nSPS) is 11.7. The highest BCUT2D eigenvalue weighted by molar-refractivity contribution is 6.07. The van der Waals surface area contributed by atoms with Gasteiger partial charge in [-0.3, -0.25) is 9.59 Å². The summed E-state index contributed by atoms with van der Waals surface area (Å²) in [5.74, 6) is 0.704. The van der Waals surface area contributed by atoms with E-state index in [0.29, 0.717) is 0 Å². The van der Waals surface area contributed by atoms with E-state index in [1.165, 1.54) is 36.4 Å². The molecule has 4 aromatic carbocycles. The van der Waals surface area contributed by atoms with Crippen LogP contribution in [0.2, 0.25) is 0 Å². The molecule has 0 heterocycles. The summed E-state index contributed by atoms with van der Waals surface area (Å²) in [6.45, 7) is 3.16. The van der Waals surface area contributed by atoms with Crippen LogP contribution >= 0.6 is 0 Å². The van der Waals surface area contributed by atoms with Crippen LogP contribution in [0.1, 0.15) is 67.9 Å². The van der Waals surface area contributed by atoms with E-state index in [9.17, 15) is 46.1 Å². The highest BCUT2D eigenvalue weighted by atomic mass is 19.4. The number of terminal acetylenes is 2. The number of amides is 2. The Bertz CT molecular complexity index is 1840. The van der Waals surface area contributed by atoms with Crippen molar-refractivity contribution in [1.29, 1.82) is 0 Å². The van der Waals surface area contributed by atoms with Crippen molar-refractivity contribution in [3.8, 4) is 36.2 Å².